The summed E-state index contributed by atoms with van der Waals surface area (Å²) in [6.07, 6.45) is 13.9. The summed E-state index contributed by atoms with van der Waals surface area (Å²) < 4.78 is 7.43. The van der Waals surface area contributed by atoms with E-state index in [0.717, 1.165) is 55.5 Å². The summed E-state index contributed by atoms with van der Waals surface area (Å²) in [6, 6.07) is 1.30. The molecule has 10 nitrogen and oxygen atoms in total. The molecule has 0 aromatic carbocycles. The van der Waals surface area contributed by atoms with Crippen molar-refractivity contribution in [2.24, 2.45) is 5.73 Å². The van der Waals surface area contributed by atoms with Crippen LogP contribution in [0.5, 0.6) is 0 Å². The quantitative estimate of drug-likeness (QED) is 0.509. The average molecular weight is 483 g/mol. The molecule has 3 heterocycles. The van der Waals surface area contributed by atoms with Gasteiger partial charge < -0.3 is 30.6 Å². The molecule has 0 radical (unpaired) electrons. The maximum absolute atomic E-state index is 12.2. The fourth-order valence-electron chi connectivity index (χ4n) is 5.60. The molecule has 3 aliphatic rings. The van der Waals surface area contributed by atoms with Gasteiger partial charge in [0, 0.05) is 37.3 Å². The van der Waals surface area contributed by atoms with Crippen molar-refractivity contribution in [3.05, 3.63) is 19.0 Å². The first kappa shape index (κ1) is 23.8. The van der Waals surface area contributed by atoms with Crippen LogP contribution in [0.1, 0.15) is 70.3 Å². The molecule has 0 atom stereocenters. The number of nitrogens with two attached hydrogens (primary N) is 1. The summed E-state index contributed by atoms with van der Waals surface area (Å²) >= 11 is 0. The fraction of sp³-hybridized carbons (Fsp3) is 0.680. The summed E-state index contributed by atoms with van der Waals surface area (Å²) in [6.45, 7) is 5.13. The number of anilines is 2. The summed E-state index contributed by atoms with van der Waals surface area (Å²) in [7, 11) is 0. The zero-order valence-electron chi connectivity index (χ0n) is 20.5. The lowest BCUT2D eigenvalue weighted by atomic mass is 9.92. The minimum absolute atomic E-state index is 0.203. The van der Waals surface area contributed by atoms with E-state index in [-0.39, 0.29) is 18.7 Å². The van der Waals surface area contributed by atoms with Gasteiger partial charge in [0.25, 0.3) is 0 Å². The second kappa shape index (κ2) is 10.8. The molecule has 3 fully saturated rings. The average Bonchev–Trinajstić information content (AvgIpc) is 3.54. The van der Waals surface area contributed by atoms with Gasteiger partial charge in [0.1, 0.15) is 6.61 Å². The minimum Gasteiger partial charge on any atom is -0.445 e. The number of fused-ring (bicyclic) bond motifs is 1. The number of amides is 1. The van der Waals surface area contributed by atoms with Crippen LogP contribution in [0.15, 0.2) is 19.0 Å². The number of piperidine rings is 1. The number of nitrogens with zero attached hydrogens (tertiary/aromatic N) is 5. The topological polar surface area (TPSA) is 123 Å². The Bertz CT molecular complexity index is 1020. The van der Waals surface area contributed by atoms with Crippen LogP contribution in [0.25, 0.3) is 11.2 Å². The Hall–Kier alpha value is -2.88. The Labute approximate surface area is 206 Å². The molecule has 2 saturated carbocycles. The highest BCUT2D eigenvalue weighted by molar-refractivity contribution is 5.84. The standard InChI is InChI=1S/C25H38N8O2/c1-2-15-35-25(34)32-13-11-19(12-14-32)28-22-21-23(33(16-27-21)20-5-3-4-6-20)31-24(30-22)29-18-9-7-17(26)8-10-18/h2,16-20H,1,3-15,26H2,(H2,28,29,30,31)/t17-,18-. The molecule has 2 aliphatic carbocycles. The first-order valence-electron chi connectivity index (χ1n) is 13.2. The highest BCUT2D eigenvalue weighted by Gasteiger charge is 2.27. The van der Waals surface area contributed by atoms with E-state index < -0.39 is 0 Å². The maximum atomic E-state index is 12.2. The third kappa shape index (κ3) is 5.52. The lowest BCUT2D eigenvalue weighted by Gasteiger charge is -2.32. The van der Waals surface area contributed by atoms with Crippen LogP contribution in [-0.4, -0.2) is 68.3 Å². The zero-order chi connectivity index (χ0) is 24.2. The number of hydrogen-bond acceptors (Lipinski definition) is 8. The molecule has 4 N–H and O–H groups in total. The maximum Gasteiger partial charge on any atom is 0.410 e. The molecule has 0 bridgehead atoms. The van der Waals surface area contributed by atoms with Crippen molar-refractivity contribution in [2.45, 2.75) is 88.4 Å². The van der Waals surface area contributed by atoms with E-state index in [4.69, 9.17) is 25.4 Å². The number of nitrogens with one attached hydrogen (secondary N) is 2. The molecule has 0 unspecified atom stereocenters. The number of ether oxygens (including phenoxy) is 1. The van der Waals surface area contributed by atoms with Gasteiger partial charge in [-0.25, -0.2) is 9.78 Å². The third-order valence-electron chi connectivity index (χ3n) is 7.66. The molecule has 10 heteroatoms. The van der Waals surface area contributed by atoms with Crippen LogP contribution >= 0.6 is 0 Å². The van der Waals surface area contributed by atoms with E-state index in [1.165, 1.54) is 25.7 Å². The molecule has 2 aromatic rings. The Morgan fingerprint density at radius 1 is 1.06 bits per heavy atom. The van der Waals surface area contributed by atoms with Gasteiger partial charge in [0.2, 0.25) is 5.95 Å². The first-order chi connectivity index (χ1) is 17.1. The van der Waals surface area contributed by atoms with E-state index in [1.54, 1.807) is 11.0 Å². The molecule has 1 aliphatic heterocycles. The molecule has 35 heavy (non-hydrogen) atoms. The van der Waals surface area contributed by atoms with Crippen molar-refractivity contribution in [2.75, 3.05) is 30.3 Å². The molecule has 5 rings (SSSR count). The Morgan fingerprint density at radius 3 is 2.49 bits per heavy atom. The van der Waals surface area contributed by atoms with Crippen molar-refractivity contribution in [3.8, 4) is 0 Å². The number of imidazole rings is 1. The van der Waals surface area contributed by atoms with E-state index in [0.29, 0.717) is 37.2 Å². The second-order valence-corrected chi connectivity index (χ2v) is 10.2. The van der Waals surface area contributed by atoms with E-state index in [1.807, 2.05) is 6.33 Å². The van der Waals surface area contributed by atoms with Gasteiger partial charge in [0.05, 0.1) is 6.33 Å². The van der Waals surface area contributed by atoms with Crippen molar-refractivity contribution >= 4 is 29.0 Å². The minimum atomic E-state index is -0.276. The van der Waals surface area contributed by atoms with Crippen molar-refractivity contribution < 1.29 is 9.53 Å². The zero-order valence-corrected chi connectivity index (χ0v) is 20.5. The number of aromatic nitrogens is 4. The summed E-state index contributed by atoms with van der Waals surface area (Å²) in [5.41, 5.74) is 7.82. The van der Waals surface area contributed by atoms with Crippen molar-refractivity contribution in [3.63, 3.8) is 0 Å². The number of rotatable bonds is 7. The third-order valence-corrected chi connectivity index (χ3v) is 7.66. The van der Waals surface area contributed by atoms with Gasteiger partial charge in [-0.1, -0.05) is 25.5 Å². The van der Waals surface area contributed by atoms with Crippen LogP contribution in [0.2, 0.25) is 0 Å². The van der Waals surface area contributed by atoms with Gasteiger partial charge >= 0.3 is 6.09 Å². The Balaban J connectivity index is 1.33. The predicted octanol–water partition coefficient (Wildman–Crippen LogP) is 3.82. The monoisotopic (exact) mass is 482 g/mol. The molecular formula is C25H38N8O2. The molecule has 2 aromatic heterocycles. The second-order valence-electron chi connectivity index (χ2n) is 10.2. The van der Waals surface area contributed by atoms with Crippen molar-refractivity contribution in [1.29, 1.82) is 0 Å². The Kier molecular flexibility index (Phi) is 7.36. The molecule has 1 amide bonds. The smallest absolute Gasteiger partial charge is 0.410 e. The van der Waals surface area contributed by atoms with Gasteiger partial charge in [0.15, 0.2) is 17.0 Å². The van der Waals surface area contributed by atoms with Gasteiger partial charge in [-0.2, -0.15) is 9.97 Å². The lowest BCUT2D eigenvalue weighted by molar-refractivity contribution is 0.103. The van der Waals surface area contributed by atoms with Crippen LogP contribution in [0.4, 0.5) is 16.6 Å². The summed E-state index contributed by atoms with van der Waals surface area (Å²) in [5, 5.41) is 7.22. The number of carbonyl (C=O) groups is 1. The molecular weight excluding hydrogens is 444 g/mol. The lowest BCUT2D eigenvalue weighted by Crippen LogP contribution is -2.42. The highest BCUT2D eigenvalue weighted by Crippen LogP contribution is 2.34. The van der Waals surface area contributed by atoms with Gasteiger partial charge in [-0.15, -0.1) is 0 Å². The highest BCUT2D eigenvalue weighted by atomic mass is 16.6. The van der Waals surface area contributed by atoms with Crippen LogP contribution in [0.3, 0.4) is 0 Å². The fourth-order valence-corrected chi connectivity index (χ4v) is 5.60. The van der Waals surface area contributed by atoms with Crippen molar-refractivity contribution in [1.82, 2.24) is 24.4 Å². The molecule has 190 valence electrons. The van der Waals surface area contributed by atoms with Crippen LogP contribution in [-0.2, 0) is 4.74 Å². The van der Waals surface area contributed by atoms with Crippen LogP contribution in [0, 0.1) is 0 Å². The normalized spacial score (nSPS) is 24.0. The number of hydrogen-bond donors (Lipinski definition) is 3. The molecule has 0 spiro atoms. The van der Waals surface area contributed by atoms with E-state index in [2.05, 4.69) is 21.8 Å². The van der Waals surface area contributed by atoms with Crippen LogP contribution < -0.4 is 16.4 Å². The number of likely N-dealkylation sites (tertiary alicyclic amines) is 1. The Morgan fingerprint density at radius 2 is 1.77 bits per heavy atom. The van der Waals surface area contributed by atoms with E-state index in [9.17, 15) is 4.79 Å². The predicted molar refractivity (Wildman–Crippen MR) is 136 cm³/mol. The van der Waals surface area contributed by atoms with E-state index >= 15 is 0 Å². The summed E-state index contributed by atoms with van der Waals surface area (Å²) in [5.74, 6) is 1.43. The molecule has 1 saturated heterocycles. The van der Waals surface area contributed by atoms with Gasteiger partial charge in [-0.3, -0.25) is 0 Å². The number of carbonyl (C=O) groups excluding carboxylic acids is 1. The first-order valence-corrected chi connectivity index (χ1v) is 13.2. The largest absolute Gasteiger partial charge is 0.445 e. The SMILES string of the molecule is C=CCOC(=O)N1CCC(Nc2nc(N[C@H]3CC[C@H](N)CC3)nc3c2ncn3C2CCCC2)CC1. The van der Waals surface area contributed by atoms with Gasteiger partial charge in [-0.05, 0) is 51.4 Å². The summed E-state index contributed by atoms with van der Waals surface area (Å²) in [4.78, 5) is 28.5.